The minimum absolute atomic E-state index is 0.0157. The van der Waals surface area contributed by atoms with Crippen LogP contribution in [-0.2, 0) is 30.0 Å². The lowest BCUT2D eigenvalue weighted by molar-refractivity contribution is -0.143. The van der Waals surface area contributed by atoms with Crippen LogP contribution in [0.1, 0.15) is 64.5 Å². The second-order valence-corrected chi connectivity index (χ2v) is 8.95. The molecule has 0 bridgehead atoms. The van der Waals surface area contributed by atoms with Crippen LogP contribution in [0, 0.1) is 5.82 Å². The molecular weight excluding hydrogens is 547 g/mol. The van der Waals surface area contributed by atoms with Gasteiger partial charge < -0.3 is 15.2 Å². The van der Waals surface area contributed by atoms with Crippen molar-refractivity contribution < 1.29 is 50.2 Å². The highest BCUT2D eigenvalue weighted by Gasteiger charge is 2.39. The van der Waals surface area contributed by atoms with Gasteiger partial charge in [-0.05, 0) is 78.9 Å². The molecule has 0 fully saturated rings. The molecule has 214 valence electrons. The van der Waals surface area contributed by atoms with Gasteiger partial charge in [0.25, 0.3) is 5.91 Å². The van der Waals surface area contributed by atoms with E-state index >= 15 is 0 Å². The van der Waals surface area contributed by atoms with Crippen LogP contribution in [0.25, 0.3) is 0 Å². The topological polar surface area (TPSA) is 75.6 Å². The van der Waals surface area contributed by atoms with Gasteiger partial charge in [0, 0.05) is 12.5 Å². The SMILES string of the molecule is CCc1cc(Oc2cc(F)cc([C@@H](C)NC(=O)c3ccc(C(F)(F)F)cc3C(F)(F)F)c2)ccc1CCC(=O)O. The molecule has 0 saturated heterocycles. The van der Waals surface area contributed by atoms with Gasteiger partial charge in [0.1, 0.15) is 17.3 Å². The summed E-state index contributed by atoms with van der Waals surface area (Å²) in [6.07, 6.45) is -9.45. The van der Waals surface area contributed by atoms with Crippen molar-refractivity contribution in [3.05, 3.63) is 93.8 Å². The molecule has 0 radical (unpaired) electrons. The molecule has 0 aliphatic heterocycles. The van der Waals surface area contributed by atoms with E-state index in [0.29, 0.717) is 30.7 Å². The Morgan fingerprint density at radius 2 is 1.60 bits per heavy atom. The number of aliphatic carboxylic acids is 1. The number of rotatable bonds is 9. The summed E-state index contributed by atoms with van der Waals surface area (Å²) in [5.41, 5.74) is -2.57. The van der Waals surface area contributed by atoms with E-state index in [1.54, 1.807) is 18.2 Å². The fourth-order valence-electron chi connectivity index (χ4n) is 4.02. The zero-order chi connectivity index (χ0) is 29.8. The number of halogens is 7. The van der Waals surface area contributed by atoms with Crippen LogP contribution in [0.15, 0.2) is 54.6 Å². The third kappa shape index (κ3) is 7.73. The van der Waals surface area contributed by atoms with E-state index < -0.39 is 52.8 Å². The van der Waals surface area contributed by atoms with E-state index in [-0.39, 0.29) is 23.8 Å². The summed E-state index contributed by atoms with van der Waals surface area (Å²) in [7, 11) is 0. The van der Waals surface area contributed by atoms with Crippen LogP contribution < -0.4 is 10.1 Å². The second kappa shape index (κ2) is 12.0. The summed E-state index contributed by atoms with van der Waals surface area (Å²) in [6, 6.07) is 8.02. The zero-order valence-corrected chi connectivity index (χ0v) is 21.2. The zero-order valence-electron chi connectivity index (χ0n) is 21.2. The van der Waals surface area contributed by atoms with E-state index in [0.717, 1.165) is 23.3 Å². The van der Waals surface area contributed by atoms with Gasteiger partial charge in [-0.25, -0.2) is 4.39 Å². The van der Waals surface area contributed by atoms with Gasteiger partial charge in [-0.15, -0.1) is 0 Å². The monoisotopic (exact) mass is 571 g/mol. The molecule has 2 N–H and O–H groups in total. The standard InChI is InChI=1S/C28H24F7NO4/c1-3-16-11-21(7-4-17(16)5-9-25(37)38)40-22-12-18(10-20(29)14-22)15(2)36-26(39)23-8-6-19(27(30,31)32)13-24(23)28(33,34)35/h4,6-8,10-15H,3,5,9H2,1-2H3,(H,36,39)(H,37,38)/t15-/m1/s1. The maximum Gasteiger partial charge on any atom is 0.417 e. The number of hydrogen-bond donors (Lipinski definition) is 2. The van der Waals surface area contributed by atoms with Crippen molar-refractivity contribution in [3.8, 4) is 11.5 Å². The highest BCUT2D eigenvalue weighted by Crippen LogP contribution is 2.37. The van der Waals surface area contributed by atoms with Crippen LogP contribution in [0.2, 0.25) is 0 Å². The smallest absolute Gasteiger partial charge is 0.417 e. The fraction of sp³-hybridized carbons (Fsp3) is 0.286. The van der Waals surface area contributed by atoms with E-state index in [1.807, 2.05) is 6.92 Å². The van der Waals surface area contributed by atoms with Crippen LogP contribution in [-0.4, -0.2) is 17.0 Å². The van der Waals surface area contributed by atoms with Gasteiger partial charge >= 0.3 is 18.3 Å². The lowest BCUT2D eigenvalue weighted by atomic mass is 10.0. The number of nitrogens with one attached hydrogen (secondary N) is 1. The number of amides is 1. The average Bonchev–Trinajstić information content (AvgIpc) is 2.85. The Bertz CT molecular complexity index is 1400. The van der Waals surface area contributed by atoms with Gasteiger partial charge in [0.05, 0.1) is 22.7 Å². The summed E-state index contributed by atoms with van der Waals surface area (Å²) in [5.74, 6) is -2.67. The largest absolute Gasteiger partial charge is 0.481 e. The molecule has 0 saturated carbocycles. The van der Waals surface area contributed by atoms with Gasteiger partial charge in [-0.1, -0.05) is 13.0 Å². The van der Waals surface area contributed by atoms with Crippen LogP contribution >= 0.6 is 0 Å². The van der Waals surface area contributed by atoms with Crippen molar-refractivity contribution >= 4 is 11.9 Å². The number of carboxylic acid groups (broad SMARTS) is 1. The van der Waals surface area contributed by atoms with Crippen molar-refractivity contribution in [2.24, 2.45) is 0 Å². The second-order valence-electron chi connectivity index (χ2n) is 8.95. The van der Waals surface area contributed by atoms with Crippen LogP contribution in [0.5, 0.6) is 11.5 Å². The molecular formula is C28H24F7NO4. The predicted octanol–water partition coefficient (Wildman–Crippen LogP) is 7.73. The first-order chi connectivity index (χ1) is 18.6. The molecule has 1 amide bonds. The van der Waals surface area contributed by atoms with Crippen molar-refractivity contribution in [1.82, 2.24) is 5.32 Å². The number of alkyl halides is 6. The summed E-state index contributed by atoms with van der Waals surface area (Å²) < 4.78 is 99.4. The van der Waals surface area contributed by atoms with E-state index in [4.69, 9.17) is 9.84 Å². The normalized spacial score (nSPS) is 12.6. The Morgan fingerprint density at radius 1 is 0.900 bits per heavy atom. The molecule has 0 heterocycles. The number of aryl methyl sites for hydroxylation is 2. The molecule has 0 aliphatic rings. The number of hydrogen-bond acceptors (Lipinski definition) is 3. The number of benzene rings is 3. The Balaban J connectivity index is 1.83. The highest BCUT2D eigenvalue weighted by molar-refractivity contribution is 5.96. The summed E-state index contributed by atoms with van der Waals surface area (Å²) in [6.45, 7) is 3.23. The molecule has 3 aromatic rings. The van der Waals surface area contributed by atoms with Gasteiger partial charge in [0.15, 0.2) is 0 Å². The van der Waals surface area contributed by atoms with E-state index in [1.165, 1.54) is 13.0 Å². The first kappa shape index (κ1) is 30.5. The minimum Gasteiger partial charge on any atom is -0.481 e. The first-order valence-electron chi connectivity index (χ1n) is 12.0. The maximum atomic E-state index is 14.4. The number of ether oxygens (including phenoxy) is 1. The summed E-state index contributed by atoms with van der Waals surface area (Å²) in [5, 5.41) is 11.2. The lowest BCUT2D eigenvalue weighted by Crippen LogP contribution is -2.29. The molecule has 1 atom stereocenters. The molecule has 40 heavy (non-hydrogen) atoms. The van der Waals surface area contributed by atoms with Crippen molar-refractivity contribution in [2.45, 2.75) is 51.5 Å². The number of carboxylic acids is 1. The van der Waals surface area contributed by atoms with Crippen LogP contribution in [0.3, 0.4) is 0 Å². The number of carbonyl (C=O) groups excluding carboxylic acids is 1. The third-order valence-electron chi connectivity index (χ3n) is 6.04. The quantitative estimate of drug-likeness (QED) is 0.258. The molecule has 3 aromatic carbocycles. The maximum absolute atomic E-state index is 14.4. The first-order valence-corrected chi connectivity index (χ1v) is 12.0. The predicted molar refractivity (Wildman–Crippen MR) is 131 cm³/mol. The van der Waals surface area contributed by atoms with Crippen LogP contribution in [0.4, 0.5) is 30.7 Å². The molecule has 3 rings (SSSR count). The van der Waals surface area contributed by atoms with Crippen molar-refractivity contribution in [1.29, 1.82) is 0 Å². The Hall–Kier alpha value is -4.09. The summed E-state index contributed by atoms with van der Waals surface area (Å²) >= 11 is 0. The lowest BCUT2D eigenvalue weighted by Gasteiger charge is -2.19. The van der Waals surface area contributed by atoms with E-state index in [9.17, 15) is 40.3 Å². The van der Waals surface area contributed by atoms with Gasteiger partial charge in [-0.3, -0.25) is 9.59 Å². The number of carbonyl (C=O) groups is 2. The molecule has 5 nitrogen and oxygen atoms in total. The fourth-order valence-corrected chi connectivity index (χ4v) is 4.02. The Morgan fingerprint density at radius 3 is 2.20 bits per heavy atom. The van der Waals surface area contributed by atoms with Crippen molar-refractivity contribution in [2.75, 3.05) is 0 Å². The Labute approximate surface area is 224 Å². The molecule has 0 unspecified atom stereocenters. The van der Waals surface area contributed by atoms with Crippen molar-refractivity contribution in [3.63, 3.8) is 0 Å². The molecule has 0 aliphatic carbocycles. The third-order valence-corrected chi connectivity index (χ3v) is 6.04. The minimum atomic E-state index is -5.24. The van der Waals surface area contributed by atoms with Gasteiger partial charge in [0.2, 0.25) is 0 Å². The summed E-state index contributed by atoms with van der Waals surface area (Å²) in [4.78, 5) is 23.5. The average molecular weight is 571 g/mol. The van der Waals surface area contributed by atoms with Gasteiger partial charge in [-0.2, -0.15) is 26.3 Å². The van der Waals surface area contributed by atoms with E-state index in [2.05, 4.69) is 5.32 Å². The molecule has 12 heteroatoms. The highest BCUT2D eigenvalue weighted by atomic mass is 19.4. The molecule has 0 spiro atoms. The Kier molecular flexibility index (Phi) is 9.11. The molecule has 0 aromatic heterocycles.